The predicted molar refractivity (Wildman–Crippen MR) is 305 cm³/mol. The van der Waals surface area contributed by atoms with E-state index in [-0.39, 0.29) is 88.7 Å². The van der Waals surface area contributed by atoms with Gasteiger partial charge in [0.15, 0.2) is 17.5 Å². The highest BCUT2D eigenvalue weighted by molar-refractivity contribution is 6.10. The minimum absolute atomic E-state index is 0.00781. The quantitative estimate of drug-likeness (QED) is 0.0317. The standard InChI is InChI=1S/C52H62N22O10/c1-67-14-13-55-41(67)51(82)61-31-19-35(69(3)24-31)47(78)60-30-18-38(72(6)23-30)49(80)65-39-26-73(7)42(63-39)50(81)57-12-10-33(53)44(75)58-28-17-37(71(5)21-28)48(79)66-40-27-74(8)43(64-40)52(83)62-32-20-36(70(4)25-32)46(77)59-29-16-34(68(2)22-29)45(76)56-11-9-15-84-54/h13-14,16-27,33H,9-12,15,53-54H2,1-8H3,(H,56,76)(H,57,81)(H,58,75)(H,59,77)(H,60,78)(H,61,82)(H,62,83)(H,65,80)(H,66,79)/t33-/m1/s1. The number of anilines is 7. The number of nitrogens with two attached hydrogens (primary N) is 2. The molecule has 0 spiro atoms. The third-order valence-electron chi connectivity index (χ3n) is 13.0. The van der Waals surface area contributed by atoms with Crippen molar-refractivity contribution in [3.8, 4) is 0 Å². The van der Waals surface area contributed by atoms with Gasteiger partial charge in [0, 0.05) is 125 Å². The maximum Gasteiger partial charge on any atom is 0.291 e. The molecular formula is C52H62N22O10. The van der Waals surface area contributed by atoms with Crippen LogP contribution < -0.4 is 59.5 Å². The molecular weight excluding hydrogens is 1090 g/mol. The van der Waals surface area contributed by atoms with Crippen LogP contribution in [0.5, 0.6) is 0 Å². The number of hydrogen-bond acceptors (Lipinski definition) is 15. The fourth-order valence-electron chi connectivity index (χ4n) is 8.71. The lowest BCUT2D eigenvalue weighted by molar-refractivity contribution is -0.117. The number of nitrogens with zero attached hydrogens (tertiary/aromatic N) is 11. The topological polar surface area (TPSA) is 401 Å². The number of amides is 9. The van der Waals surface area contributed by atoms with Crippen LogP contribution in [0.15, 0.2) is 86.1 Å². The van der Waals surface area contributed by atoms with Crippen LogP contribution in [-0.2, 0) is 66.0 Å². The second-order valence-electron chi connectivity index (χ2n) is 19.5. The van der Waals surface area contributed by atoms with Gasteiger partial charge in [-0.05, 0) is 43.2 Å². The second-order valence-corrected chi connectivity index (χ2v) is 19.5. The molecule has 8 heterocycles. The van der Waals surface area contributed by atoms with Crippen LogP contribution in [0.1, 0.15) is 97.1 Å². The van der Waals surface area contributed by atoms with Crippen LogP contribution in [0.3, 0.4) is 0 Å². The monoisotopic (exact) mass is 1150 g/mol. The fourth-order valence-corrected chi connectivity index (χ4v) is 8.71. The highest BCUT2D eigenvalue weighted by atomic mass is 16.6. The normalized spacial score (nSPS) is 11.4. The molecule has 8 rings (SSSR count). The van der Waals surface area contributed by atoms with Crippen LogP contribution in [-0.4, -0.2) is 130 Å². The van der Waals surface area contributed by atoms with Crippen molar-refractivity contribution < 1.29 is 48.0 Å². The zero-order chi connectivity index (χ0) is 60.7. The Bertz CT molecular complexity index is 3860. The van der Waals surface area contributed by atoms with Gasteiger partial charge >= 0.3 is 0 Å². The first kappa shape index (κ1) is 59.3. The molecule has 32 nitrogen and oxygen atoms in total. The number of hydrogen-bond donors (Lipinski definition) is 11. The molecule has 13 N–H and O–H groups in total. The third-order valence-corrected chi connectivity index (χ3v) is 13.0. The lowest BCUT2D eigenvalue weighted by Gasteiger charge is -2.12. The zero-order valence-corrected chi connectivity index (χ0v) is 46.9. The molecule has 8 aromatic rings. The van der Waals surface area contributed by atoms with E-state index in [1.807, 2.05) is 0 Å². The Balaban J connectivity index is 0.772. The molecule has 0 saturated heterocycles. The van der Waals surface area contributed by atoms with Crippen molar-refractivity contribution in [3.05, 3.63) is 132 Å². The van der Waals surface area contributed by atoms with Gasteiger partial charge in [0.1, 0.15) is 28.5 Å². The fraction of sp³-hybridized carbons (Fsp3) is 0.269. The number of imidazole rings is 3. The molecule has 84 heavy (non-hydrogen) atoms. The van der Waals surface area contributed by atoms with E-state index in [9.17, 15) is 43.2 Å². The summed E-state index contributed by atoms with van der Waals surface area (Å²) in [6.45, 7) is 0.594. The van der Waals surface area contributed by atoms with Crippen molar-refractivity contribution in [2.45, 2.75) is 18.9 Å². The molecule has 9 amide bonds. The van der Waals surface area contributed by atoms with E-state index in [0.29, 0.717) is 35.7 Å². The maximum atomic E-state index is 13.4. The predicted octanol–water partition coefficient (Wildman–Crippen LogP) is 1.19. The second kappa shape index (κ2) is 25.3. The van der Waals surface area contributed by atoms with Gasteiger partial charge in [0.2, 0.25) is 17.6 Å². The Morgan fingerprint density at radius 2 is 0.810 bits per heavy atom. The number of carbonyl (C=O) groups excluding carboxylic acids is 9. The van der Waals surface area contributed by atoms with Crippen molar-refractivity contribution in [1.82, 2.24) is 62.1 Å². The van der Waals surface area contributed by atoms with Crippen LogP contribution in [0.4, 0.5) is 40.1 Å². The molecule has 0 aliphatic rings. The van der Waals surface area contributed by atoms with Crippen LogP contribution >= 0.6 is 0 Å². The lowest BCUT2D eigenvalue weighted by atomic mass is 10.2. The van der Waals surface area contributed by atoms with E-state index < -0.39 is 53.3 Å². The molecule has 0 fully saturated rings. The van der Waals surface area contributed by atoms with E-state index >= 15 is 0 Å². The third kappa shape index (κ3) is 13.8. The summed E-state index contributed by atoms with van der Waals surface area (Å²) in [5, 5.41) is 24.3. The summed E-state index contributed by atoms with van der Waals surface area (Å²) in [4.78, 5) is 135. The molecule has 32 heteroatoms. The van der Waals surface area contributed by atoms with Crippen LogP contribution in [0, 0.1) is 0 Å². The highest BCUT2D eigenvalue weighted by Crippen LogP contribution is 2.22. The van der Waals surface area contributed by atoms with Gasteiger partial charge in [0.05, 0.1) is 41.1 Å². The number of carbonyl (C=O) groups is 9. The molecule has 1 atom stereocenters. The average Bonchev–Trinajstić information content (AvgIpc) is 4.51. The van der Waals surface area contributed by atoms with Crippen molar-refractivity contribution >= 4 is 93.2 Å². The van der Waals surface area contributed by atoms with Gasteiger partial charge in [-0.2, -0.15) is 0 Å². The molecule has 0 bridgehead atoms. The number of aromatic nitrogens is 11. The van der Waals surface area contributed by atoms with Crippen molar-refractivity contribution in [1.29, 1.82) is 0 Å². The first-order valence-corrected chi connectivity index (χ1v) is 25.6. The summed E-state index contributed by atoms with van der Waals surface area (Å²) in [6.07, 6.45) is 14.3. The minimum atomic E-state index is -1.09. The van der Waals surface area contributed by atoms with Gasteiger partial charge in [-0.15, -0.1) is 0 Å². The SMILES string of the molecule is Cn1cc(NC(=O)c2cc(NC(=O)c3nc(NC(=O)c4cc(NC(=O)[C@H](N)CCNC(=O)c5nc(NC(=O)c6cc(NC(=O)c7cc(NC(=O)c8nccn8C)cn7C)cn6C)cn5C)cn4C)cn3C)cn2C)cc1C(=O)NCCCON. The summed E-state index contributed by atoms with van der Waals surface area (Å²) < 4.78 is 11.9. The highest BCUT2D eigenvalue weighted by Gasteiger charge is 2.25. The first-order valence-electron chi connectivity index (χ1n) is 25.6. The molecule has 440 valence electrons. The number of rotatable bonds is 23. The van der Waals surface area contributed by atoms with E-state index in [2.05, 4.69) is 67.6 Å². The number of nitrogens with one attached hydrogen (secondary N) is 9. The summed E-state index contributed by atoms with van der Waals surface area (Å²) in [5.41, 5.74) is 8.79. The Labute approximate surface area is 477 Å². The Kier molecular flexibility index (Phi) is 17.8. The molecule has 8 aromatic heterocycles. The van der Waals surface area contributed by atoms with Gasteiger partial charge < -0.3 is 95.0 Å². The average molecular weight is 1160 g/mol. The smallest absolute Gasteiger partial charge is 0.291 e. The van der Waals surface area contributed by atoms with Crippen LogP contribution in [0.25, 0.3) is 0 Å². The Morgan fingerprint density at radius 1 is 0.440 bits per heavy atom. The summed E-state index contributed by atoms with van der Waals surface area (Å²) in [5.74, 6) is 0.342. The minimum Gasteiger partial charge on any atom is -0.351 e. The van der Waals surface area contributed by atoms with Crippen molar-refractivity contribution in [3.63, 3.8) is 0 Å². The van der Waals surface area contributed by atoms with E-state index in [4.69, 9.17) is 11.6 Å². The zero-order valence-electron chi connectivity index (χ0n) is 46.9. The molecule has 0 aliphatic heterocycles. The van der Waals surface area contributed by atoms with Crippen LogP contribution in [0.2, 0.25) is 0 Å². The summed E-state index contributed by atoms with van der Waals surface area (Å²) in [6, 6.07) is 6.28. The first-order chi connectivity index (χ1) is 40.0. The Hall–Kier alpha value is -10.9. The lowest BCUT2D eigenvalue weighted by Crippen LogP contribution is -2.39. The molecule has 0 aliphatic carbocycles. The van der Waals surface area contributed by atoms with Crippen molar-refractivity contribution in [2.24, 2.45) is 68.0 Å². The molecule has 0 unspecified atom stereocenters. The summed E-state index contributed by atoms with van der Waals surface area (Å²) in [7, 11) is 12.9. The van der Waals surface area contributed by atoms with E-state index in [0.717, 1.165) is 0 Å². The van der Waals surface area contributed by atoms with Crippen molar-refractivity contribution in [2.75, 3.05) is 56.9 Å². The Morgan fingerprint density at radius 3 is 1.23 bits per heavy atom. The van der Waals surface area contributed by atoms with Gasteiger partial charge in [-0.25, -0.2) is 20.8 Å². The molecule has 0 aromatic carbocycles. The van der Waals surface area contributed by atoms with Gasteiger partial charge in [-0.1, -0.05) is 0 Å². The summed E-state index contributed by atoms with van der Waals surface area (Å²) >= 11 is 0. The number of aryl methyl sites for hydroxylation is 8. The molecule has 0 radical (unpaired) electrons. The van der Waals surface area contributed by atoms with E-state index in [1.54, 1.807) is 90.3 Å². The largest absolute Gasteiger partial charge is 0.351 e. The maximum absolute atomic E-state index is 13.4. The van der Waals surface area contributed by atoms with Gasteiger partial charge in [0.25, 0.3) is 47.3 Å². The van der Waals surface area contributed by atoms with Gasteiger partial charge in [-0.3, -0.25) is 43.2 Å². The molecule has 0 saturated carbocycles. The van der Waals surface area contributed by atoms with E-state index in [1.165, 1.54) is 88.7 Å².